The van der Waals surface area contributed by atoms with Crippen molar-refractivity contribution in [1.29, 1.82) is 0 Å². The highest BCUT2D eigenvalue weighted by molar-refractivity contribution is 6.03. The Hall–Kier alpha value is -2.29. The summed E-state index contributed by atoms with van der Waals surface area (Å²) >= 11 is 0. The van der Waals surface area contributed by atoms with E-state index in [0.29, 0.717) is 6.42 Å². The highest BCUT2D eigenvalue weighted by Gasteiger charge is 2.17. The number of hydrogen-bond acceptors (Lipinski definition) is 3. The minimum absolute atomic E-state index is 0.164. The van der Waals surface area contributed by atoms with Crippen LogP contribution in [0.1, 0.15) is 28.8 Å². The molecule has 1 saturated heterocycles. The molecule has 0 aliphatic carbocycles. The second kappa shape index (κ2) is 6.65. The molecule has 2 aromatic carbocycles. The molecule has 0 aromatic heterocycles. The fraction of sp³-hybridized carbons (Fsp3) is 0.316. The number of benzene rings is 2. The first-order valence-electron chi connectivity index (χ1n) is 7.92. The van der Waals surface area contributed by atoms with E-state index in [4.69, 9.17) is 0 Å². The summed E-state index contributed by atoms with van der Waals surface area (Å²) < 4.78 is 0. The summed E-state index contributed by atoms with van der Waals surface area (Å²) in [6.45, 7) is 2.18. The van der Waals surface area contributed by atoms with Crippen LogP contribution in [0, 0.1) is 0 Å². The zero-order valence-corrected chi connectivity index (χ0v) is 13.0. The summed E-state index contributed by atoms with van der Waals surface area (Å²) in [5.74, 6) is 0.164. The van der Waals surface area contributed by atoms with Crippen LogP contribution in [-0.4, -0.2) is 25.9 Å². The number of nitrogens with zero attached hydrogens (tertiary/aromatic N) is 1. The van der Waals surface area contributed by atoms with Gasteiger partial charge in [0.2, 0.25) is 0 Å². The van der Waals surface area contributed by atoms with Crippen molar-refractivity contribution < 1.29 is 4.79 Å². The fourth-order valence-electron chi connectivity index (χ4n) is 3.03. The van der Waals surface area contributed by atoms with Gasteiger partial charge in [0, 0.05) is 43.5 Å². The van der Waals surface area contributed by atoms with Gasteiger partial charge < -0.3 is 10.2 Å². The van der Waals surface area contributed by atoms with Crippen LogP contribution in [0.15, 0.2) is 48.5 Å². The zero-order valence-electron chi connectivity index (χ0n) is 13.0. The molecule has 3 rings (SSSR count). The number of carbonyl (C=O) groups is 1. The van der Waals surface area contributed by atoms with Gasteiger partial charge in [-0.2, -0.15) is 0 Å². The van der Waals surface area contributed by atoms with Gasteiger partial charge in [0.1, 0.15) is 0 Å². The lowest BCUT2D eigenvalue weighted by Crippen LogP contribution is -2.18. The van der Waals surface area contributed by atoms with Crippen LogP contribution >= 0.6 is 0 Å². The van der Waals surface area contributed by atoms with Gasteiger partial charge in [-0.25, -0.2) is 0 Å². The van der Waals surface area contributed by atoms with Crippen molar-refractivity contribution in [3.8, 4) is 0 Å². The molecule has 0 radical (unpaired) electrons. The third-order valence-electron chi connectivity index (χ3n) is 4.25. The number of ketones is 1. The van der Waals surface area contributed by atoms with Crippen molar-refractivity contribution in [2.24, 2.45) is 0 Å². The monoisotopic (exact) mass is 294 g/mol. The summed E-state index contributed by atoms with van der Waals surface area (Å²) in [4.78, 5) is 15.1. The van der Waals surface area contributed by atoms with E-state index in [0.717, 1.165) is 35.6 Å². The molecule has 0 spiro atoms. The highest BCUT2D eigenvalue weighted by atomic mass is 16.1. The molecule has 1 heterocycles. The number of carbonyl (C=O) groups excluding carboxylic acids is 1. The van der Waals surface area contributed by atoms with Crippen LogP contribution in [0.4, 0.5) is 11.4 Å². The van der Waals surface area contributed by atoms with Gasteiger partial charge in [-0.3, -0.25) is 4.79 Å². The van der Waals surface area contributed by atoms with Gasteiger partial charge in [0.05, 0.1) is 0 Å². The number of hydrogen-bond donors (Lipinski definition) is 1. The van der Waals surface area contributed by atoms with E-state index in [2.05, 4.69) is 16.3 Å². The molecule has 1 fully saturated rings. The molecule has 1 aliphatic rings. The Balaban J connectivity index is 1.86. The summed E-state index contributed by atoms with van der Waals surface area (Å²) in [5.41, 5.74) is 3.91. The minimum Gasteiger partial charge on any atom is -0.388 e. The van der Waals surface area contributed by atoms with Gasteiger partial charge in [0.15, 0.2) is 5.78 Å². The number of rotatable bonds is 5. The van der Waals surface area contributed by atoms with Crippen LogP contribution < -0.4 is 10.2 Å². The van der Waals surface area contributed by atoms with E-state index < -0.39 is 0 Å². The molecule has 3 nitrogen and oxygen atoms in total. The number of anilines is 2. The zero-order chi connectivity index (χ0) is 15.4. The quantitative estimate of drug-likeness (QED) is 0.852. The van der Waals surface area contributed by atoms with Crippen molar-refractivity contribution in [3.63, 3.8) is 0 Å². The number of nitrogens with one attached hydrogen (secondary N) is 1. The third-order valence-corrected chi connectivity index (χ3v) is 4.25. The van der Waals surface area contributed by atoms with E-state index in [1.54, 1.807) is 0 Å². The second-order valence-corrected chi connectivity index (χ2v) is 5.76. The average molecular weight is 294 g/mol. The van der Waals surface area contributed by atoms with Crippen LogP contribution in [-0.2, 0) is 6.42 Å². The third kappa shape index (κ3) is 3.14. The van der Waals surface area contributed by atoms with Crippen molar-refractivity contribution >= 4 is 17.2 Å². The normalized spacial score (nSPS) is 14.1. The average Bonchev–Trinajstić information content (AvgIpc) is 3.09. The molecule has 22 heavy (non-hydrogen) atoms. The number of Topliss-reactive ketones (excluding diaryl/α,β-unsaturated/α-hetero) is 1. The lowest BCUT2D eigenvalue weighted by Gasteiger charge is -2.19. The topological polar surface area (TPSA) is 32.3 Å². The molecular formula is C19H22N2O. The first-order chi connectivity index (χ1) is 10.8. The Kier molecular flexibility index (Phi) is 4.42. The van der Waals surface area contributed by atoms with Crippen LogP contribution in [0.5, 0.6) is 0 Å². The molecule has 2 aromatic rings. The fourth-order valence-corrected chi connectivity index (χ4v) is 3.03. The van der Waals surface area contributed by atoms with Crippen LogP contribution in [0.2, 0.25) is 0 Å². The Morgan fingerprint density at radius 3 is 2.50 bits per heavy atom. The van der Waals surface area contributed by atoms with E-state index in [1.165, 1.54) is 12.8 Å². The first kappa shape index (κ1) is 14.6. The lowest BCUT2D eigenvalue weighted by molar-refractivity contribution is 0.0994. The van der Waals surface area contributed by atoms with Crippen LogP contribution in [0.3, 0.4) is 0 Å². The summed E-state index contributed by atoms with van der Waals surface area (Å²) in [6.07, 6.45) is 2.92. The molecule has 0 atom stereocenters. The van der Waals surface area contributed by atoms with E-state index in [-0.39, 0.29) is 5.78 Å². The highest BCUT2D eigenvalue weighted by Crippen LogP contribution is 2.27. The standard InChI is InChI=1S/C19H22N2O/c1-20-18-10-9-16(21-11-5-6-12-21)14-17(18)19(22)13-15-7-3-2-4-8-15/h2-4,7-10,14,20H,5-6,11-13H2,1H3. The maximum Gasteiger partial charge on any atom is 0.169 e. The molecule has 1 N–H and O–H groups in total. The predicted octanol–water partition coefficient (Wildman–Crippen LogP) is 3.75. The maximum absolute atomic E-state index is 12.7. The molecule has 1 aliphatic heterocycles. The first-order valence-corrected chi connectivity index (χ1v) is 7.92. The molecule has 114 valence electrons. The Morgan fingerprint density at radius 1 is 1.09 bits per heavy atom. The van der Waals surface area contributed by atoms with Crippen molar-refractivity contribution in [2.75, 3.05) is 30.4 Å². The van der Waals surface area contributed by atoms with Crippen molar-refractivity contribution in [2.45, 2.75) is 19.3 Å². The predicted molar refractivity (Wildman–Crippen MR) is 91.9 cm³/mol. The smallest absolute Gasteiger partial charge is 0.169 e. The van der Waals surface area contributed by atoms with E-state index in [1.807, 2.05) is 49.5 Å². The molecule has 0 unspecified atom stereocenters. The van der Waals surface area contributed by atoms with Gasteiger partial charge in [-0.1, -0.05) is 30.3 Å². The summed E-state index contributed by atoms with van der Waals surface area (Å²) in [7, 11) is 1.87. The maximum atomic E-state index is 12.7. The van der Waals surface area contributed by atoms with Gasteiger partial charge in [-0.15, -0.1) is 0 Å². The molecule has 0 amide bonds. The molecular weight excluding hydrogens is 272 g/mol. The van der Waals surface area contributed by atoms with Gasteiger partial charge in [0.25, 0.3) is 0 Å². The van der Waals surface area contributed by atoms with E-state index >= 15 is 0 Å². The van der Waals surface area contributed by atoms with Gasteiger partial charge in [-0.05, 0) is 36.6 Å². The largest absolute Gasteiger partial charge is 0.388 e. The molecule has 3 heteroatoms. The van der Waals surface area contributed by atoms with Crippen molar-refractivity contribution in [3.05, 3.63) is 59.7 Å². The lowest BCUT2D eigenvalue weighted by atomic mass is 10.0. The van der Waals surface area contributed by atoms with Crippen molar-refractivity contribution in [1.82, 2.24) is 0 Å². The molecule has 0 saturated carbocycles. The van der Waals surface area contributed by atoms with Gasteiger partial charge >= 0.3 is 0 Å². The van der Waals surface area contributed by atoms with E-state index in [9.17, 15) is 4.79 Å². The Labute approximate surface area is 132 Å². The summed E-state index contributed by atoms with van der Waals surface area (Å²) in [5, 5.41) is 3.14. The Morgan fingerprint density at radius 2 is 1.82 bits per heavy atom. The summed E-state index contributed by atoms with van der Waals surface area (Å²) in [6, 6.07) is 16.1. The SMILES string of the molecule is CNc1ccc(N2CCCC2)cc1C(=O)Cc1ccccc1. The minimum atomic E-state index is 0.164. The molecule has 0 bridgehead atoms. The second-order valence-electron chi connectivity index (χ2n) is 5.76. The Bertz CT molecular complexity index is 646. The van der Waals surface area contributed by atoms with Crippen LogP contribution in [0.25, 0.3) is 0 Å².